The van der Waals surface area contributed by atoms with Gasteiger partial charge in [0.25, 0.3) is 0 Å². The third-order valence-corrected chi connectivity index (χ3v) is 5.92. The highest BCUT2D eigenvalue weighted by Gasteiger charge is 2.66. The molecule has 3 N–H and O–H groups in total. The minimum Gasteiger partial charge on any atom is -0.379 e. The number of nitrogens with two attached hydrogens (primary N) is 1. The van der Waals surface area contributed by atoms with E-state index < -0.39 is 0 Å². The Hall–Kier alpha value is -0.160. The van der Waals surface area contributed by atoms with Gasteiger partial charge in [-0.2, -0.15) is 0 Å². The molecule has 19 heavy (non-hydrogen) atoms. The van der Waals surface area contributed by atoms with Crippen LogP contribution in [0.15, 0.2) is 0 Å². The second-order valence-corrected chi connectivity index (χ2v) is 7.52. The van der Waals surface area contributed by atoms with Crippen LogP contribution in [0.4, 0.5) is 0 Å². The molecule has 0 aromatic rings. The lowest BCUT2D eigenvalue weighted by molar-refractivity contribution is -0.226. The highest BCUT2D eigenvalue weighted by molar-refractivity contribution is 5.21. The molecule has 0 spiro atoms. The van der Waals surface area contributed by atoms with E-state index in [1.54, 1.807) is 0 Å². The van der Waals surface area contributed by atoms with Crippen LogP contribution in [0.5, 0.6) is 0 Å². The maximum atomic E-state index is 6.79. The highest BCUT2D eigenvalue weighted by Crippen LogP contribution is 2.57. The lowest BCUT2D eigenvalue weighted by atomic mass is 9.46. The summed E-state index contributed by atoms with van der Waals surface area (Å²) in [6, 6.07) is 0. The fourth-order valence-corrected chi connectivity index (χ4v) is 4.19. The van der Waals surface area contributed by atoms with Gasteiger partial charge in [-0.15, -0.1) is 0 Å². The van der Waals surface area contributed by atoms with Gasteiger partial charge >= 0.3 is 0 Å². The van der Waals surface area contributed by atoms with Gasteiger partial charge < -0.3 is 20.5 Å². The van der Waals surface area contributed by atoms with Crippen LogP contribution in [-0.4, -0.2) is 43.5 Å². The number of hydrogen-bond acceptors (Lipinski definition) is 4. The third kappa shape index (κ3) is 1.96. The van der Waals surface area contributed by atoms with Crippen LogP contribution in [0.2, 0.25) is 0 Å². The van der Waals surface area contributed by atoms with Crippen LogP contribution >= 0.6 is 0 Å². The van der Waals surface area contributed by atoms with Crippen LogP contribution in [0.3, 0.4) is 0 Å². The molecule has 0 aromatic carbocycles. The van der Waals surface area contributed by atoms with Crippen molar-refractivity contribution in [3.8, 4) is 0 Å². The minimum atomic E-state index is -0.149. The molecule has 4 heteroatoms. The summed E-state index contributed by atoms with van der Waals surface area (Å²) in [6.45, 7) is 10.2. The van der Waals surface area contributed by atoms with E-state index in [1.165, 1.54) is 6.42 Å². The SMILES string of the molecule is CC1(NCC2(N)C3CCCOC3C2(C)C)CCOC1. The van der Waals surface area contributed by atoms with Crippen LogP contribution in [0, 0.1) is 11.3 Å². The standard InChI is InChI=1S/C15H28N2O2/c1-13(2)12-11(5-4-7-19-12)15(13,16)9-17-14(3)6-8-18-10-14/h11-12,17H,4-10,16H2,1-3H3. The van der Waals surface area contributed by atoms with Gasteiger partial charge in [0.15, 0.2) is 0 Å². The summed E-state index contributed by atoms with van der Waals surface area (Å²) in [5, 5.41) is 3.68. The highest BCUT2D eigenvalue weighted by atomic mass is 16.5. The van der Waals surface area contributed by atoms with E-state index in [9.17, 15) is 0 Å². The summed E-state index contributed by atoms with van der Waals surface area (Å²) in [6.07, 6.45) is 3.78. The van der Waals surface area contributed by atoms with Gasteiger partial charge in [0.05, 0.1) is 12.7 Å². The van der Waals surface area contributed by atoms with E-state index in [1.807, 2.05) is 0 Å². The van der Waals surface area contributed by atoms with Crippen molar-refractivity contribution in [3.63, 3.8) is 0 Å². The summed E-state index contributed by atoms with van der Waals surface area (Å²) in [4.78, 5) is 0. The van der Waals surface area contributed by atoms with Crippen LogP contribution < -0.4 is 11.1 Å². The average Bonchev–Trinajstić information content (AvgIpc) is 2.83. The van der Waals surface area contributed by atoms with E-state index >= 15 is 0 Å². The minimum absolute atomic E-state index is 0.0565. The first-order chi connectivity index (χ1) is 8.89. The second-order valence-electron chi connectivity index (χ2n) is 7.52. The monoisotopic (exact) mass is 268 g/mol. The maximum absolute atomic E-state index is 6.79. The zero-order valence-corrected chi connectivity index (χ0v) is 12.5. The summed E-state index contributed by atoms with van der Waals surface area (Å²) in [5.74, 6) is 0.509. The molecule has 0 bridgehead atoms. The molecule has 1 saturated carbocycles. The molecule has 3 aliphatic rings. The fourth-order valence-electron chi connectivity index (χ4n) is 4.19. The number of ether oxygens (including phenoxy) is 2. The smallest absolute Gasteiger partial charge is 0.0690 e. The zero-order chi connectivity index (χ0) is 13.7. The number of rotatable bonds is 3. The molecule has 2 saturated heterocycles. The Morgan fingerprint density at radius 2 is 2.05 bits per heavy atom. The van der Waals surface area contributed by atoms with E-state index in [0.717, 1.165) is 39.2 Å². The topological polar surface area (TPSA) is 56.5 Å². The van der Waals surface area contributed by atoms with E-state index in [4.69, 9.17) is 15.2 Å². The van der Waals surface area contributed by atoms with Crippen molar-refractivity contribution >= 4 is 0 Å². The molecule has 2 heterocycles. The summed E-state index contributed by atoms with van der Waals surface area (Å²) >= 11 is 0. The summed E-state index contributed by atoms with van der Waals surface area (Å²) in [7, 11) is 0. The van der Waals surface area contributed by atoms with E-state index in [-0.39, 0.29) is 16.5 Å². The lowest BCUT2D eigenvalue weighted by Crippen LogP contribution is -2.81. The van der Waals surface area contributed by atoms with Gasteiger partial charge in [-0.25, -0.2) is 0 Å². The van der Waals surface area contributed by atoms with Crippen LogP contribution in [-0.2, 0) is 9.47 Å². The Morgan fingerprint density at radius 1 is 1.26 bits per heavy atom. The first-order valence-corrected chi connectivity index (χ1v) is 7.62. The molecule has 4 atom stereocenters. The van der Waals surface area contributed by atoms with Crippen molar-refractivity contribution in [2.75, 3.05) is 26.4 Å². The Kier molecular flexibility index (Phi) is 3.21. The first-order valence-electron chi connectivity index (χ1n) is 7.62. The Morgan fingerprint density at radius 3 is 2.74 bits per heavy atom. The van der Waals surface area contributed by atoms with Crippen molar-refractivity contribution in [2.24, 2.45) is 17.1 Å². The van der Waals surface area contributed by atoms with Crippen molar-refractivity contribution in [1.29, 1.82) is 0 Å². The molecule has 4 unspecified atom stereocenters. The molecular weight excluding hydrogens is 240 g/mol. The van der Waals surface area contributed by atoms with Crippen LogP contribution in [0.1, 0.15) is 40.0 Å². The quantitative estimate of drug-likeness (QED) is 0.810. The molecule has 0 radical (unpaired) electrons. The second kappa shape index (κ2) is 4.42. The molecule has 0 amide bonds. The average molecular weight is 268 g/mol. The molecule has 4 nitrogen and oxygen atoms in total. The van der Waals surface area contributed by atoms with Gasteiger partial charge in [-0.1, -0.05) is 13.8 Å². The third-order valence-electron chi connectivity index (χ3n) is 5.92. The Labute approximate surface area is 116 Å². The first kappa shape index (κ1) is 13.8. The molecular formula is C15H28N2O2. The molecule has 110 valence electrons. The van der Waals surface area contributed by atoms with Crippen molar-refractivity contribution < 1.29 is 9.47 Å². The van der Waals surface area contributed by atoms with E-state index in [0.29, 0.717) is 12.0 Å². The van der Waals surface area contributed by atoms with Gasteiger partial charge in [-0.3, -0.25) is 0 Å². The fraction of sp³-hybridized carbons (Fsp3) is 1.00. The summed E-state index contributed by atoms with van der Waals surface area (Å²) in [5.41, 5.74) is 6.80. The predicted molar refractivity (Wildman–Crippen MR) is 75.0 cm³/mol. The van der Waals surface area contributed by atoms with Crippen molar-refractivity contribution in [1.82, 2.24) is 5.32 Å². The predicted octanol–water partition coefficient (Wildman–Crippen LogP) is 1.29. The largest absolute Gasteiger partial charge is 0.379 e. The zero-order valence-electron chi connectivity index (χ0n) is 12.5. The van der Waals surface area contributed by atoms with E-state index in [2.05, 4.69) is 26.1 Å². The Balaban J connectivity index is 1.68. The normalized spacial score (nSPS) is 48.6. The molecule has 2 aliphatic heterocycles. The Bertz CT molecular complexity index is 352. The molecule has 3 rings (SSSR count). The summed E-state index contributed by atoms with van der Waals surface area (Å²) < 4.78 is 11.5. The number of nitrogens with one attached hydrogen (secondary N) is 1. The molecule has 0 aromatic heterocycles. The molecule has 1 aliphatic carbocycles. The lowest BCUT2D eigenvalue weighted by Gasteiger charge is -2.67. The van der Waals surface area contributed by atoms with Gasteiger partial charge in [0.2, 0.25) is 0 Å². The van der Waals surface area contributed by atoms with Crippen molar-refractivity contribution in [3.05, 3.63) is 0 Å². The number of fused-ring (bicyclic) bond motifs is 1. The molecule has 3 fully saturated rings. The van der Waals surface area contributed by atoms with Crippen LogP contribution in [0.25, 0.3) is 0 Å². The number of hydrogen-bond donors (Lipinski definition) is 2. The van der Waals surface area contributed by atoms with Gasteiger partial charge in [-0.05, 0) is 26.2 Å². The van der Waals surface area contributed by atoms with Gasteiger partial charge in [0.1, 0.15) is 0 Å². The maximum Gasteiger partial charge on any atom is 0.0690 e. The van der Waals surface area contributed by atoms with Crippen molar-refractivity contribution in [2.45, 2.75) is 57.2 Å². The van der Waals surface area contributed by atoms with Gasteiger partial charge in [0, 0.05) is 42.2 Å².